The number of hydrogen-bond donors (Lipinski definition) is 2. The molecule has 1 heterocycles. The third-order valence-corrected chi connectivity index (χ3v) is 7.71. The average Bonchev–Trinajstić information content (AvgIpc) is 3.13. The number of nitrogens with two attached hydrogens (primary N) is 1. The van der Waals surface area contributed by atoms with E-state index in [-0.39, 0.29) is 21.5 Å². The van der Waals surface area contributed by atoms with Crippen LogP contribution in [0.15, 0.2) is 59.6 Å². The third kappa shape index (κ3) is 7.85. The van der Waals surface area contributed by atoms with Crippen LogP contribution in [0.4, 0.5) is 10.5 Å². The second-order valence-corrected chi connectivity index (χ2v) is 12.1. The number of halogens is 2. The molecule has 0 atom stereocenters. The number of carbonyl (C=O) groups excluding carboxylic acids is 1. The summed E-state index contributed by atoms with van der Waals surface area (Å²) in [6.07, 6.45) is 1.53. The second-order valence-electron chi connectivity index (χ2n) is 9.72. The normalized spacial score (nSPS) is 11.6. The van der Waals surface area contributed by atoms with Crippen molar-refractivity contribution in [2.45, 2.75) is 46.6 Å². The zero-order valence-corrected chi connectivity index (χ0v) is 25.1. The minimum atomic E-state index is -0.522. The van der Waals surface area contributed by atoms with Gasteiger partial charge >= 0.3 is 187 Å². The summed E-state index contributed by atoms with van der Waals surface area (Å²) >= 11 is 6.02. The number of aromatic nitrogens is 1. The summed E-state index contributed by atoms with van der Waals surface area (Å²) in [6, 6.07) is 18.5. The van der Waals surface area contributed by atoms with E-state index in [1.54, 1.807) is 0 Å². The molecule has 0 aliphatic carbocycles. The number of aliphatic imine (C=N–C) groups is 1. The summed E-state index contributed by atoms with van der Waals surface area (Å²) in [5.41, 5.74) is 11.9. The summed E-state index contributed by atoms with van der Waals surface area (Å²) in [7, 11) is 0. The number of rotatable bonds is 5. The largest absolute Gasteiger partial charge is 0.0591 e. The number of benzene rings is 3. The summed E-state index contributed by atoms with van der Waals surface area (Å²) in [5.74, 6) is 0. The Labute approximate surface area is 234 Å². The molecular formula is C29H35ClIN4O2-. The maximum absolute atomic E-state index is 12.0. The molecule has 0 saturated heterocycles. The van der Waals surface area contributed by atoms with E-state index in [1.165, 1.54) is 23.0 Å². The molecule has 4 aromatic rings. The van der Waals surface area contributed by atoms with Crippen molar-refractivity contribution in [2.75, 3.05) is 11.5 Å². The fourth-order valence-electron chi connectivity index (χ4n) is 3.91. The molecule has 0 aliphatic heterocycles. The molecule has 1 amide bonds. The number of ether oxygens (including phenoxy) is 1. The topological polar surface area (TPSA) is 81.6 Å². The molecule has 3 aromatic carbocycles. The molecule has 0 unspecified atom stereocenters. The molecule has 6 nitrogen and oxygen atoms in total. The smallest absolute Gasteiger partial charge is 0.0398 e. The van der Waals surface area contributed by atoms with Gasteiger partial charge in [0.05, 0.1) is 0 Å². The summed E-state index contributed by atoms with van der Waals surface area (Å²) in [5, 5.41) is 5.74. The molecule has 0 saturated carbocycles. The van der Waals surface area contributed by atoms with E-state index in [4.69, 9.17) is 22.1 Å². The predicted octanol–water partition coefficient (Wildman–Crippen LogP) is 3.92. The quantitative estimate of drug-likeness (QED) is 0.151. The SMILES string of the molecule is C[I-]n1c2ccc(Cl)cc2c2cc(N=CN)cc(CCNC(=O)OC(C)(C)C)c21.Cc1ccc(C)cc1. The van der Waals surface area contributed by atoms with Gasteiger partial charge in [-0.3, -0.25) is 0 Å². The van der Waals surface area contributed by atoms with Crippen LogP contribution in [0.25, 0.3) is 21.8 Å². The summed E-state index contributed by atoms with van der Waals surface area (Å²) < 4.78 is 7.70. The van der Waals surface area contributed by atoms with Crippen LogP contribution in [-0.2, 0) is 11.2 Å². The fourth-order valence-corrected chi connectivity index (χ4v) is 6.07. The van der Waals surface area contributed by atoms with Gasteiger partial charge in [0.25, 0.3) is 0 Å². The molecule has 0 aliphatic rings. The van der Waals surface area contributed by atoms with E-state index >= 15 is 0 Å². The third-order valence-electron chi connectivity index (χ3n) is 5.50. The van der Waals surface area contributed by atoms with Crippen molar-refractivity contribution in [3.63, 3.8) is 0 Å². The molecule has 1 aromatic heterocycles. The van der Waals surface area contributed by atoms with Crippen LogP contribution in [0.3, 0.4) is 0 Å². The van der Waals surface area contributed by atoms with Crippen molar-refractivity contribution < 1.29 is 31.0 Å². The van der Waals surface area contributed by atoms with Gasteiger partial charge in [-0.1, -0.05) is 35.4 Å². The molecule has 4 rings (SSSR count). The minimum Gasteiger partial charge on any atom is -0.0591 e. The summed E-state index contributed by atoms with van der Waals surface area (Å²) in [6.45, 7) is 10.2. The first-order valence-corrected chi connectivity index (χ1v) is 15.5. The van der Waals surface area contributed by atoms with E-state index in [1.807, 2.05) is 45.0 Å². The van der Waals surface area contributed by atoms with Gasteiger partial charge in [-0.15, -0.1) is 0 Å². The number of alkyl halides is 1. The zero-order valence-electron chi connectivity index (χ0n) is 22.2. The average molecular weight is 634 g/mol. The maximum Gasteiger partial charge on any atom is -0.0398 e. The number of fused-ring (bicyclic) bond motifs is 3. The van der Waals surface area contributed by atoms with Gasteiger partial charge in [-0.05, 0) is 13.8 Å². The Morgan fingerprint density at radius 1 is 1.08 bits per heavy atom. The van der Waals surface area contributed by atoms with E-state index in [9.17, 15) is 4.79 Å². The van der Waals surface area contributed by atoms with Crippen molar-refractivity contribution in [1.29, 1.82) is 0 Å². The van der Waals surface area contributed by atoms with Gasteiger partial charge in [0.1, 0.15) is 0 Å². The monoisotopic (exact) mass is 633 g/mol. The minimum absolute atomic E-state index is 0.252. The molecule has 0 spiro atoms. The van der Waals surface area contributed by atoms with Crippen LogP contribution < -0.4 is 32.5 Å². The Kier molecular flexibility index (Phi) is 9.84. The van der Waals surface area contributed by atoms with Crippen LogP contribution in [0.2, 0.25) is 5.02 Å². The number of alkyl carbamates (subject to hydrolysis) is 1. The van der Waals surface area contributed by atoms with Gasteiger partial charge in [0.15, 0.2) is 0 Å². The first kappa shape index (κ1) is 28.8. The maximum atomic E-state index is 12.0. The predicted molar refractivity (Wildman–Crippen MR) is 152 cm³/mol. The molecule has 0 radical (unpaired) electrons. The van der Waals surface area contributed by atoms with E-state index in [0.29, 0.717) is 18.0 Å². The van der Waals surface area contributed by atoms with Crippen LogP contribution in [-0.4, -0.2) is 32.3 Å². The molecule has 198 valence electrons. The van der Waals surface area contributed by atoms with E-state index < -0.39 is 11.7 Å². The number of nitrogens with zero attached hydrogens (tertiary/aromatic N) is 2. The van der Waals surface area contributed by atoms with Crippen molar-refractivity contribution in [3.05, 3.63) is 76.3 Å². The second kappa shape index (κ2) is 12.6. The first-order chi connectivity index (χ1) is 17.5. The van der Waals surface area contributed by atoms with Crippen LogP contribution in [0.5, 0.6) is 0 Å². The Balaban J connectivity index is 0.000000405. The standard InChI is InChI=1S/C21H25ClIN4O2.C8H10/c1-21(2,3)29-20(28)25-8-7-13-9-15(26-12-24)11-17-16-10-14(22)5-6-18(16)27(23-4)19(13)17;1-7-3-5-8(2)6-4-7/h5-6,9-12H,7-8H2,1-4H3,(H2,24,26)(H,25,28);3-6H,1-2H3/q-1;. The van der Waals surface area contributed by atoms with Gasteiger partial charge in [0.2, 0.25) is 0 Å². The van der Waals surface area contributed by atoms with Gasteiger partial charge in [0, 0.05) is 0 Å². The van der Waals surface area contributed by atoms with E-state index in [2.05, 4.69) is 62.2 Å². The van der Waals surface area contributed by atoms with Crippen LogP contribution in [0, 0.1) is 13.8 Å². The van der Waals surface area contributed by atoms with Crippen molar-refractivity contribution in [3.8, 4) is 0 Å². The first-order valence-electron chi connectivity index (χ1n) is 12.0. The Morgan fingerprint density at radius 3 is 2.30 bits per heavy atom. The number of nitrogens with one attached hydrogen (secondary N) is 1. The molecule has 8 heteroatoms. The summed E-state index contributed by atoms with van der Waals surface area (Å²) in [4.78, 5) is 18.5. The fraction of sp³-hybridized carbons (Fsp3) is 0.310. The Hall–Kier alpha value is -2.78. The molecule has 37 heavy (non-hydrogen) atoms. The van der Waals surface area contributed by atoms with E-state index in [0.717, 1.165) is 27.5 Å². The Morgan fingerprint density at radius 2 is 1.73 bits per heavy atom. The van der Waals surface area contributed by atoms with Crippen LogP contribution in [0.1, 0.15) is 37.5 Å². The van der Waals surface area contributed by atoms with Gasteiger partial charge in [-0.25, -0.2) is 0 Å². The van der Waals surface area contributed by atoms with Gasteiger partial charge < -0.3 is 0 Å². The zero-order chi connectivity index (χ0) is 27.2. The molecule has 3 N–H and O–H groups in total. The Bertz CT molecular complexity index is 1380. The molecular weight excluding hydrogens is 599 g/mol. The number of aryl methyl sites for hydroxylation is 2. The van der Waals surface area contributed by atoms with Crippen molar-refractivity contribution >= 4 is 51.5 Å². The number of hydrogen-bond acceptors (Lipinski definition) is 3. The molecule has 0 fully saturated rings. The van der Waals surface area contributed by atoms with Gasteiger partial charge in [-0.2, -0.15) is 0 Å². The molecule has 0 bridgehead atoms. The number of carbonyl (C=O) groups is 1. The van der Waals surface area contributed by atoms with Crippen LogP contribution >= 0.6 is 11.6 Å². The van der Waals surface area contributed by atoms with Crippen molar-refractivity contribution in [1.82, 2.24) is 8.10 Å². The van der Waals surface area contributed by atoms with Crippen molar-refractivity contribution in [2.24, 2.45) is 10.7 Å². The number of amides is 1.